The van der Waals surface area contributed by atoms with E-state index in [2.05, 4.69) is 20.4 Å². The van der Waals surface area contributed by atoms with Gasteiger partial charge < -0.3 is 20.5 Å². The van der Waals surface area contributed by atoms with E-state index in [0.717, 1.165) is 5.69 Å². The number of nitrogens with zero attached hydrogens (tertiary/aromatic N) is 5. The Balaban J connectivity index is 1.85. The molecule has 0 aliphatic rings. The van der Waals surface area contributed by atoms with Crippen LogP contribution in [-0.4, -0.2) is 55.4 Å². The number of aryl methyl sites for hydroxylation is 2. The number of hydrogen-bond donors (Lipinski definition) is 2. The number of primary amides is 1. The van der Waals surface area contributed by atoms with Gasteiger partial charge in [0.2, 0.25) is 5.91 Å². The number of ether oxygens (including phenoxy) is 2. The second kappa shape index (κ2) is 11.7. The highest BCUT2D eigenvalue weighted by Crippen LogP contribution is 2.39. The Morgan fingerprint density at radius 2 is 1.87 bits per heavy atom. The van der Waals surface area contributed by atoms with Crippen LogP contribution in [0.15, 0.2) is 30.6 Å². The largest absolute Gasteiger partial charge is 0.487 e. The molecule has 2 heterocycles. The first-order valence-electron chi connectivity index (χ1n) is 12.0. The minimum atomic E-state index is -0.780. The van der Waals surface area contributed by atoms with Crippen molar-refractivity contribution in [3.63, 3.8) is 0 Å². The molecule has 202 valence electrons. The van der Waals surface area contributed by atoms with Crippen LogP contribution in [-0.2, 0) is 11.3 Å². The van der Waals surface area contributed by atoms with Gasteiger partial charge in [0, 0.05) is 42.7 Å². The van der Waals surface area contributed by atoms with Crippen LogP contribution in [0.2, 0.25) is 0 Å². The van der Waals surface area contributed by atoms with Crippen LogP contribution in [0.1, 0.15) is 50.2 Å². The summed E-state index contributed by atoms with van der Waals surface area (Å²) in [5, 5.41) is 19.0. The first-order valence-corrected chi connectivity index (χ1v) is 12.0. The monoisotopic (exact) mass is 525 g/mol. The molecule has 0 aliphatic heterocycles. The maximum Gasteiger partial charge on any atom is 0.407 e. The van der Waals surface area contributed by atoms with E-state index < -0.39 is 22.5 Å². The van der Waals surface area contributed by atoms with Crippen molar-refractivity contribution in [2.45, 2.75) is 53.2 Å². The quantitative estimate of drug-likeness (QED) is 0.227. The number of benzene rings is 1. The molecule has 1 aromatic carbocycles. The third-order valence-electron chi connectivity index (χ3n) is 5.18. The first kappa shape index (κ1) is 28.0. The molecule has 0 saturated heterocycles. The minimum absolute atomic E-state index is 0.0219. The molecular weight excluding hydrogens is 494 g/mol. The van der Waals surface area contributed by atoms with E-state index in [9.17, 15) is 19.7 Å². The summed E-state index contributed by atoms with van der Waals surface area (Å²) in [6.07, 6.45) is 2.62. The molecular formula is C25H31N7O6. The summed E-state index contributed by atoms with van der Waals surface area (Å²) in [6, 6.07) is 4.39. The molecule has 0 aliphatic carbocycles. The SMILES string of the molecule is CCn1nc(C)cc1-c1ncc(-c2cc(C(N)=O)cc(OCCCNC(=O)OC(C)(C)C)c2[N+](=O)[O-])cn1. The normalized spacial score (nSPS) is 11.2. The molecule has 0 fully saturated rings. The standard InChI is InChI=1S/C25H31N7O6/c1-6-31-19(10-15(2)30-31)23-28-13-17(14-29-23)18-11-16(22(26)33)12-20(21(18)32(35)36)37-9-7-8-27-24(34)38-25(3,4)5/h10-14H,6-9H2,1-5H3,(H2,26,33)(H,27,34). The lowest BCUT2D eigenvalue weighted by molar-refractivity contribution is -0.385. The van der Waals surface area contributed by atoms with Crippen molar-refractivity contribution in [3.8, 4) is 28.4 Å². The number of amides is 2. The fourth-order valence-corrected chi connectivity index (χ4v) is 3.59. The number of nitro benzene ring substituents is 1. The van der Waals surface area contributed by atoms with E-state index in [1.165, 1.54) is 24.5 Å². The third-order valence-corrected chi connectivity index (χ3v) is 5.18. The van der Waals surface area contributed by atoms with Crippen LogP contribution in [0, 0.1) is 17.0 Å². The molecule has 0 unspecified atom stereocenters. The third kappa shape index (κ3) is 7.02. The van der Waals surface area contributed by atoms with Gasteiger partial charge in [0.25, 0.3) is 0 Å². The van der Waals surface area contributed by atoms with Crippen molar-refractivity contribution in [2.75, 3.05) is 13.2 Å². The number of nitro groups is 1. The number of nitrogens with one attached hydrogen (secondary N) is 1. The zero-order chi connectivity index (χ0) is 28.0. The molecule has 2 aromatic heterocycles. The molecule has 0 saturated carbocycles. The first-order chi connectivity index (χ1) is 17.9. The van der Waals surface area contributed by atoms with Crippen LogP contribution in [0.3, 0.4) is 0 Å². The molecule has 3 rings (SSSR count). The molecule has 38 heavy (non-hydrogen) atoms. The van der Waals surface area contributed by atoms with Gasteiger partial charge in [-0.2, -0.15) is 5.10 Å². The number of alkyl carbamates (subject to hydrolysis) is 1. The summed E-state index contributed by atoms with van der Waals surface area (Å²) in [7, 11) is 0. The summed E-state index contributed by atoms with van der Waals surface area (Å²) >= 11 is 0. The van der Waals surface area contributed by atoms with E-state index in [-0.39, 0.29) is 35.7 Å². The van der Waals surface area contributed by atoms with Crippen molar-refractivity contribution in [1.29, 1.82) is 0 Å². The summed E-state index contributed by atoms with van der Waals surface area (Å²) in [6.45, 7) is 9.90. The lowest BCUT2D eigenvalue weighted by atomic mass is 10.0. The molecule has 3 aromatic rings. The second-order valence-electron chi connectivity index (χ2n) is 9.40. The summed E-state index contributed by atoms with van der Waals surface area (Å²) in [5.74, 6) is -0.515. The van der Waals surface area contributed by atoms with Crippen LogP contribution in [0.4, 0.5) is 10.5 Å². The number of carbonyl (C=O) groups excluding carboxylic acids is 2. The fraction of sp³-hybridized carbons (Fsp3) is 0.400. The van der Waals surface area contributed by atoms with E-state index in [0.29, 0.717) is 30.0 Å². The number of nitrogens with two attached hydrogens (primary N) is 1. The van der Waals surface area contributed by atoms with E-state index in [1.54, 1.807) is 25.5 Å². The highest BCUT2D eigenvalue weighted by molar-refractivity contribution is 5.96. The molecule has 0 atom stereocenters. The highest BCUT2D eigenvalue weighted by Gasteiger charge is 2.26. The highest BCUT2D eigenvalue weighted by atomic mass is 16.6. The zero-order valence-corrected chi connectivity index (χ0v) is 22.0. The van der Waals surface area contributed by atoms with Gasteiger partial charge in [0.1, 0.15) is 11.3 Å². The Bertz CT molecular complexity index is 1330. The maximum atomic E-state index is 12.1. The average molecular weight is 526 g/mol. The minimum Gasteiger partial charge on any atom is -0.487 e. The molecule has 0 radical (unpaired) electrons. The van der Waals surface area contributed by atoms with Crippen LogP contribution in [0.25, 0.3) is 22.6 Å². The number of carbonyl (C=O) groups is 2. The predicted octanol–water partition coefficient (Wildman–Crippen LogP) is 3.64. The summed E-state index contributed by atoms with van der Waals surface area (Å²) < 4.78 is 12.6. The van der Waals surface area contributed by atoms with Crippen molar-refractivity contribution in [1.82, 2.24) is 25.1 Å². The molecule has 0 spiro atoms. The fourth-order valence-electron chi connectivity index (χ4n) is 3.59. The molecule has 3 N–H and O–H groups in total. The van der Waals surface area contributed by atoms with Gasteiger partial charge in [0.15, 0.2) is 11.6 Å². The van der Waals surface area contributed by atoms with Crippen LogP contribution in [0.5, 0.6) is 5.75 Å². The van der Waals surface area contributed by atoms with Gasteiger partial charge in [-0.25, -0.2) is 14.8 Å². The van der Waals surface area contributed by atoms with Crippen molar-refractivity contribution in [2.24, 2.45) is 5.73 Å². The molecule has 0 bridgehead atoms. The van der Waals surface area contributed by atoms with Crippen LogP contribution < -0.4 is 15.8 Å². The Morgan fingerprint density at radius 1 is 1.18 bits per heavy atom. The Kier molecular flexibility index (Phi) is 8.61. The number of rotatable bonds is 10. The smallest absolute Gasteiger partial charge is 0.407 e. The average Bonchev–Trinajstić information content (AvgIpc) is 3.22. The Hall–Kier alpha value is -4.55. The van der Waals surface area contributed by atoms with Crippen molar-refractivity contribution >= 4 is 17.7 Å². The zero-order valence-electron chi connectivity index (χ0n) is 22.0. The lowest BCUT2D eigenvalue weighted by Gasteiger charge is -2.19. The number of hydrogen-bond acceptors (Lipinski definition) is 9. The maximum absolute atomic E-state index is 12.1. The molecule has 13 nitrogen and oxygen atoms in total. The molecule has 13 heteroatoms. The van der Waals surface area contributed by atoms with Gasteiger partial charge in [0.05, 0.1) is 22.8 Å². The molecule has 2 amide bonds. The predicted molar refractivity (Wildman–Crippen MR) is 139 cm³/mol. The van der Waals surface area contributed by atoms with E-state index >= 15 is 0 Å². The van der Waals surface area contributed by atoms with Gasteiger partial charge >= 0.3 is 11.8 Å². The van der Waals surface area contributed by atoms with Gasteiger partial charge in [-0.15, -0.1) is 0 Å². The van der Waals surface area contributed by atoms with Gasteiger partial charge in [-0.3, -0.25) is 19.6 Å². The Labute approximate surface area is 219 Å². The van der Waals surface area contributed by atoms with E-state index in [4.69, 9.17) is 15.2 Å². The summed E-state index contributed by atoms with van der Waals surface area (Å²) in [5.41, 5.74) is 6.42. The van der Waals surface area contributed by atoms with Crippen molar-refractivity contribution < 1.29 is 24.0 Å². The van der Waals surface area contributed by atoms with Gasteiger partial charge in [-0.1, -0.05) is 0 Å². The Morgan fingerprint density at radius 3 is 2.45 bits per heavy atom. The van der Waals surface area contributed by atoms with Crippen molar-refractivity contribution in [3.05, 3.63) is 52.0 Å². The van der Waals surface area contributed by atoms with E-state index in [1.807, 2.05) is 19.9 Å². The van der Waals surface area contributed by atoms with Gasteiger partial charge in [-0.05, 0) is 53.2 Å². The topological polar surface area (TPSA) is 177 Å². The summed E-state index contributed by atoms with van der Waals surface area (Å²) in [4.78, 5) is 44.0. The second-order valence-corrected chi connectivity index (χ2v) is 9.40. The lowest BCUT2D eigenvalue weighted by Crippen LogP contribution is -2.33. The van der Waals surface area contributed by atoms with Crippen LogP contribution >= 0.6 is 0 Å². The number of aromatic nitrogens is 4.